The average Bonchev–Trinajstić information content (AvgIpc) is 2.54. The van der Waals surface area contributed by atoms with Gasteiger partial charge >= 0.3 is 0 Å². The number of halogens is 1. The van der Waals surface area contributed by atoms with Crippen LogP contribution in [0.3, 0.4) is 0 Å². The van der Waals surface area contributed by atoms with E-state index in [0.29, 0.717) is 5.92 Å². The molecule has 1 aromatic rings. The first kappa shape index (κ1) is 9.16. The summed E-state index contributed by atoms with van der Waals surface area (Å²) >= 11 is 3.45. The number of nitrogens with two attached hydrogens (primary N) is 1. The molecule has 1 saturated carbocycles. The third-order valence-corrected chi connectivity index (χ3v) is 3.70. The van der Waals surface area contributed by atoms with Crippen molar-refractivity contribution < 1.29 is 0 Å². The van der Waals surface area contributed by atoms with Crippen LogP contribution in [0.1, 0.15) is 25.3 Å². The summed E-state index contributed by atoms with van der Waals surface area (Å²) in [6.45, 7) is 4.39. The van der Waals surface area contributed by atoms with Gasteiger partial charge < -0.3 is 5.73 Å². The van der Waals surface area contributed by atoms with E-state index in [1.165, 1.54) is 5.56 Å². The summed E-state index contributed by atoms with van der Waals surface area (Å²) in [6, 6.07) is 4.32. The summed E-state index contributed by atoms with van der Waals surface area (Å²) in [5.74, 6) is 0.454. The molecule has 0 radical (unpaired) electrons. The molecule has 0 spiro atoms. The standard InChI is InChI=1S/C10H13BrN2/c1-10(2)7(8(10)12)6-4-3-5-13-9(6)11/h3-5,7-8H,12H2,1-2H3/t7-,8-/m0/s1. The topological polar surface area (TPSA) is 38.9 Å². The Bertz CT molecular complexity index is 335. The van der Waals surface area contributed by atoms with E-state index in [9.17, 15) is 0 Å². The number of hydrogen-bond acceptors (Lipinski definition) is 2. The predicted octanol–water partition coefficient (Wildman–Crippen LogP) is 2.29. The minimum Gasteiger partial charge on any atom is -0.327 e. The number of aromatic nitrogens is 1. The van der Waals surface area contributed by atoms with E-state index in [4.69, 9.17) is 5.73 Å². The largest absolute Gasteiger partial charge is 0.327 e. The molecule has 70 valence electrons. The van der Waals surface area contributed by atoms with Gasteiger partial charge in [-0.2, -0.15) is 0 Å². The lowest BCUT2D eigenvalue weighted by Crippen LogP contribution is -2.06. The molecule has 1 aromatic heterocycles. The monoisotopic (exact) mass is 240 g/mol. The SMILES string of the molecule is CC1(C)[C@@H](N)[C@@H]1c1cccnc1Br. The van der Waals surface area contributed by atoms with Gasteiger partial charge in [-0.3, -0.25) is 0 Å². The van der Waals surface area contributed by atoms with Crippen LogP contribution in [0.5, 0.6) is 0 Å². The summed E-state index contributed by atoms with van der Waals surface area (Å²) in [6.07, 6.45) is 1.79. The van der Waals surface area contributed by atoms with Crippen LogP contribution in [-0.4, -0.2) is 11.0 Å². The highest BCUT2D eigenvalue weighted by molar-refractivity contribution is 9.10. The number of nitrogens with zero attached hydrogens (tertiary/aromatic N) is 1. The Morgan fingerprint density at radius 2 is 2.15 bits per heavy atom. The predicted molar refractivity (Wildman–Crippen MR) is 56.4 cm³/mol. The third-order valence-electron chi connectivity index (χ3n) is 3.03. The summed E-state index contributed by atoms with van der Waals surface area (Å²) in [7, 11) is 0. The average molecular weight is 241 g/mol. The van der Waals surface area contributed by atoms with Gasteiger partial charge in [0.15, 0.2) is 0 Å². The van der Waals surface area contributed by atoms with Crippen LogP contribution in [-0.2, 0) is 0 Å². The quantitative estimate of drug-likeness (QED) is 0.766. The maximum absolute atomic E-state index is 6.00. The zero-order chi connectivity index (χ0) is 9.64. The van der Waals surface area contributed by atoms with Crippen molar-refractivity contribution in [3.05, 3.63) is 28.5 Å². The second-order valence-corrected chi connectivity index (χ2v) is 4.96. The van der Waals surface area contributed by atoms with Crippen LogP contribution in [0, 0.1) is 5.41 Å². The number of pyridine rings is 1. The number of hydrogen-bond donors (Lipinski definition) is 1. The van der Waals surface area contributed by atoms with Crippen LogP contribution >= 0.6 is 15.9 Å². The lowest BCUT2D eigenvalue weighted by molar-refractivity contribution is 0.598. The van der Waals surface area contributed by atoms with Crippen LogP contribution in [0.15, 0.2) is 22.9 Å². The van der Waals surface area contributed by atoms with E-state index in [-0.39, 0.29) is 11.5 Å². The van der Waals surface area contributed by atoms with Gasteiger partial charge in [-0.15, -0.1) is 0 Å². The highest BCUT2D eigenvalue weighted by Gasteiger charge is 2.56. The van der Waals surface area contributed by atoms with Crippen LogP contribution < -0.4 is 5.73 Å². The fraction of sp³-hybridized carbons (Fsp3) is 0.500. The van der Waals surface area contributed by atoms with Crippen LogP contribution in [0.25, 0.3) is 0 Å². The van der Waals surface area contributed by atoms with Crippen molar-refractivity contribution in [3.63, 3.8) is 0 Å². The highest BCUT2D eigenvalue weighted by Crippen LogP contribution is 2.58. The number of rotatable bonds is 1. The van der Waals surface area contributed by atoms with Gasteiger partial charge in [-0.05, 0) is 33.0 Å². The normalized spacial score (nSPS) is 30.2. The van der Waals surface area contributed by atoms with Crippen LogP contribution in [0.2, 0.25) is 0 Å². The van der Waals surface area contributed by atoms with E-state index >= 15 is 0 Å². The molecule has 0 unspecified atom stereocenters. The third kappa shape index (κ3) is 1.30. The summed E-state index contributed by atoms with van der Waals surface area (Å²) in [4.78, 5) is 4.20. The van der Waals surface area contributed by atoms with Crippen molar-refractivity contribution >= 4 is 15.9 Å². The molecule has 0 amide bonds. The van der Waals surface area contributed by atoms with Crippen molar-refractivity contribution in [2.45, 2.75) is 25.8 Å². The molecule has 0 bridgehead atoms. The lowest BCUT2D eigenvalue weighted by Gasteiger charge is -2.03. The van der Waals surface area contributed by atoms with Gasteiger partial charge in [0.05, 0.1) is 0 Å². The molecule has 3 heteroatoms. The Labute approximate surface area is 86.7 Å². The molecule has 2 N–H and O–H groups in total. The molecule has 0 saturated heterocycles. The second-order valence-electron chi connectivity index (χ2n) is 4.21. The molecule has 2 atom stereocenters. The Hall–Kier alpha value is -0.410. The molecule has 1 aliphatic rings. The van der Waals surface area contributed by atoms with E-state index in [0.717, 1.165) is 4.60 Å². The van der Waals surface area contributed by atoms with Crippen molar-refractivity contribution in [2.75, 3.05) is 0 Å². The minimum absolute atomic E-state index is 0.228. The molecule has 2 rings (SSSR count). The maximum Gasteiger partial charge on any atom is 0.109 e. The van der Waals surface area contributed by atoms with E-state index in [1.807, 2.05) is 6.07 Å². The second kappa shape index (κ2) is 2.79. The van der Waals surface area contributed by atoms with E-state index in [1.54, 1.807) is 6.20 Å². The van der Waals surface area contributed by atoms with Crippen LogP contribution in [0.4, 0.5) is 0 Å². The molecule has 1 heterocycles. The first-order chi connectivity index (χ1) is 6.05. The van der Waals surface area contributed by atoms with Gasteiger partial charge in [-0.1, -0.05) is 19.9 Å². The Kier molecular flexibility index (Phi) is 1.96. The molecule has 1 aliphatic carbocycles. The minimum atomic E-state index is 0.228. The first-order valence-electron chi connectivity index (χ1n) is 4.41. The summed E-state index contributed by atoms with van der Waals surface area (Å²) in [5.41, 5.74) is 7.46. The molecule has 2 nitrogen and oxygen atoms in total. The van der Waals surface area contributed by atoms with Gasteiger partial charge in [0.2, 0.25) is 0 Å². The molecular formula is C10H13BrN2. The summed E-state index contributed by atoms with van der Waals surface area (Å²) in [5, 5.41) is 0. The van der Waals surface area contributed by atoms with E-state index in [2.05, 4.69) is 40.8 Å². The van der Waals surface area contributed by atoms with Gasteiger partial charge in [0.1, 0.15) is 4.60 Å². The van der Waals surface area contributed by atoms with E-state index < -0.39 is 0 Å². The fourth-order valence-electron chi connectivity index (χ4n) is 1.90. The Morgan fingerprint density at radius 3 is 2.62 bits per heavy atom. The molecule has 13 heavy (non-hydrogen) atoms. The highest BCUT2D eigenvalue weighted by atomic mass is 79.9. The fourth-order valence-corrected chi connectivity index (χ4v) is 2.40. The maximum atomic E-state index is 6.00. The Balaban J connectivity index is 2.34. The van der Waals surface area contributed by atoms with Crippen molar-refractivity contribution in [1.29, 1.82) is 0 Å². The van der Waals surface area contributed by atoms with Crippen molar-refractivity contribution in [3.8, 4) is 0 Å². The summed E-state index contributed by atoms with van der Waals surface area (Å²) < 4.78 is 0.932. The smallest absolute Gasteiger partial charge is 0.109 e. The first-order valence-corrected chi connectivity index (χ1v) is 5.20. The molecule has 0 aliphatic heterocycles. The van der Waals surface area contributed by atoms with Gasteiger partial charge in [0, 0.05) is 18.2 Å². The van der Waals surface area contributed by atoms with Gasteiger partial charge in [0.25, 0.3) is 0 Å². The van der Waals surface area contributed by atoms with Gasteiger partial charge in [-0.25, -0.2) is 4.98 Å². The zero-order valence-electron chi connectivity index (χ0n) is 7.79. The molecule has 1 fully saturated rings. The molecule has 0 aromatic carbocycles. The lowest BCUT2D eigenvalue weighted by atomic mass is 10.1. The zero-order valence-corrected chi connectivity index (χ0v) is 9.38. The molecular weight excluding hydrogens is 228 g/mol. The Morgan fingerprint density at radius 1 is 1.54 bits per heavy atom. The van der Waals surface area contributed by atoms with Crippen molar-refractivity contribution in [2.24, 2.45) is 11.1 Å². The van der Waals surface area contributed by atoms with Crippen molar-refractivity contribution in [1.82, 2.24) is 4.98 Å².